The van der Waals surface area contributed by atoms with Crippen molar-refractivity contribution >= 4 is 51.0 Å². The molecule has 1 heterocycles. The smallest absolute Gasteiger partial charge is 0.329 e. The fourth-order valence-corrected chi connectivity index (χ4v) is 3.70. The Hall–Kier alpha value is -3.60. The van der Waals surface area contributed by atoms with Gasteiger partial charge >= 0.3 is 5.97 Å². The monoisotopic (exact) mass is 517 g/mol. The average molecular weight is 518 g/mol. The van der Waals surface area contributed by atoms with Crippen molar-refractivity contribution in [2.75, 3.05) is 11.9 Å². The highest BCUT2D eigenvalue weighted by atomic mass is 79.9. The van der Waals surface area contributed by atoms with Crippen LogP contribution >= 0.6 is 15.9 Å². The number of anilines is 1. The van der Waals surface area contributed by atoms with E-state index in [1.165, 1.54) is 12.1 Å². The third kappa shape index (κ3) is 5.25. The molecule has 1 N–H and O–H groups in total. The zero-order valence-corrected chi connectivity index (χ0v) is 19.3. The van der Waals surface area contributed by atoms with Gasteiger partial charge in [0.2, 0.25) is 0 Å². The lowest BCUT2D eigenvalue weighted by molar-refractivity contribution is -0.385. The summed E-state index contributed by atoms with van der Waals surface area (Å²) < 4.78 is 5.93. The van der Waals surface area contributed by atoms with Crippen molar-refractivity contribution in [3.05, 3.63) is 68.2 Å². The molecule has 0 saturated carbocycles. The van der Waals surface area contributed by atoms with Crippen LogP contribution in [-0.2, 0) is 14.3 Å². The molecule has 11 heteroatoms. The maximum absolute atomic E-state index is 13.0. The van der Waals surface area contributed by atoms with E-state index in [0.717, 1.165) is 10.5 Å². The van der Waals surface area contributed by atoms with Crippen molar-refractivity contribution in [3.8, 4) is 0 Å². The molecular weight excluding hydrogens is 498 g/mol. The Balaban J connectivity index is 1.77. The van der Waals surface area contributed by atoms with Crippen LogP contribution < -0.4 is 5.32 Å². The van der Waals surface area contributed by atoms with Crippen molar-refractivity contribution in [3.63, 3.8) is 0 Å². The largest absolute Gasteiger partial charge is 0.454 e. The second-order valence-corrected chi connectivity index (χ2v) is 8.66. The Morgan fingerprint density at radius 2 is 1.79 bits per heavy atom. The van der Waals surface area contributed by atoms with Crippen LogP contribution in [-0.4, -0.2) is 46.2 Å². The van der Waals surface area contributed by atoms with Crippen LogP contribution in [0.2, 0.25) is 0 Å². The van der Waals surface area contributed by atoms with Crippen LogP contribution in [0.3, 0.4) is 0 Å². The summed E-state index contributed by atoms with van der Waals surface area (Å²) in [5, 5.41) is 13.9. The lowest BCUT2D eigenvalue weighted by Gasteiger charge is -2.25. The predicted octanol–water partition coefficient (Wildman–Crippen LogP) is 3.55. The number of fused-ring (bicyclic) bond motifs is 1. The quantitative estimate of drug-likeness (QED) is 0.244. The number of nitro groups is 1. The van der Waals surface area contributed by atoms with Crippen molar-refractivity contribution < 1.29 is 28.8 Å². The zero-order valence-electron chi connectivity index (χ0n) is 17.7. The molecule has 1 aliphatic rings. The fourth-order valence-electron chi connectivity index (χ4n) is 3.44. The Bertz CT molecular complexity index is 1130. The summed E-state index contributed by atoms with van der Waals surface area (Å²) in [7, 11) is 0. The molecule has 1 aliphatic heterocycles. The Kier molecular flexibility index (Phi) is 7.22. The Labute approximate surface area is 197 Å². The third-order valence-corrected chi connectivity index (χ3v) is 5.40. The molecule has 0 fully saturated rings. The number of halogens is 1. The molecule has 0 saturated heterocycles. The Morgan fingerprint density at radius 1 is 1.12 bits per heavy atom. The van der Waals surface area contributed by atoms with Crippen molar-refractivity contribution in [1.82, 2.24) is 4.90 Å². The molecule has 3 rings (SSSR count). The highest BCUT2D eigenvalue weighted by Crippen LogP contribution is 2.33. The van der Waals surface area contributed by atoms with E-state index in [9.17, 15) is 29.3 Å². The lowest BCUT2D eigenvalue weighted by atomic mass is 10.0. The third-order valence-electron chi connectivity index (χ3n) is 4.87. The number of benzene rings is 2. The minimum Gasteiger partial charge on any atom is -0.454 e. The van der Waals surface area contributed by atoms with Gasteiger partial charge in [0.15, 0.2) is 6.61 Å². The second-order valence-electron chi connectivity index (χ2n) is 7.75. The SMILES string of the molecule is CC(C)CC(C(=O)OCC(=O)Nc1ccc(Br)cc1)N1C(=O)c2cccc([N+](=O)[O-])c2C1=O. The predicted molar refractivity (Wildman–Crippen MR) is 121 cm³/mol. The first-order valence-electron chi connectivity index (χ1n) is 9.97. The number of nitrogens with one attached hydrogen (secondary N) is 1. The van der Waals surface area contributed by atoms with Crippen LogP contribution in [0.25, 0.3) is 0 Å². The summed E-state index contributed by atoms with van der Waals surface area (Å²) in [6, 6.07) is 9.13. The van der Waals surface area contributed by atoms with Gasteiger partial charge in [-0.15, -0.1) is 0 Å². The first-order valence-corrected chi connectivity index (χ1v) is 10.8. The first-order chi connectivity index (χ1) is 15.6. The standard InChI is InChI=1S/C22H20BrN3O7/c1-12(2)10-17(22(30)33-11-18(27)24-14-8-6-13(23)7-9-14)25-20(28)15-4-3-5-16(26(31)32)19(15)21(25)29/h3-9,12,17H,10-11H2,1-2H3,(H,24,27). The van der Waals surface area contributed by atoms with Gasteiger partial charge in [-0.1, -0.05) is 35.8 Å². The van der Waals surface area contributed by atoms with Gasteiger partial charge in [0, 0.05) is 16.2 Å². The molecule has 33 heavy (non-hydrogen) atoms. The Morgan fingerprint density at radius 3 is 2.39 bits per heavy atom. The molecule has 0 spiro atoms. The molecular formula is C22H20BrN3O7. The van der Waals surface area contributed by atoms with Crippen LogP contribution in [0, 0.1) is 16.0 Å². The molecule has 0 radical (unpaired) electrons. The van der Waals surface area contributed by atoms with Crippen molar-refractivity contribution in [2.45, 2.75) is 26.3 Å². The lowest BCUT2D eigenvalue weighted by Crippen LogP contribution is -2.47. The van der Waals surface area contributed by atoms with Crippen LogP contribution in [0.1, 0.15) is 41.0 Å². The van der Waals surface area contributed by atoms with E-state index in [0.29, 0.717) is 10.6 Å². The summed E-state index contributed by atoms with van der Waals surface area (Å²) >= 11 is 3.28. The van der Waals surface area contributed by atoms with Gasteiger partial charge in [-0.25, -0.2) is 4.79 Å². The van der Waals surface area contributed by atoms with Crippen LogP contribution in [0.4, 0.5) is 11.4 Å². The number of nitrogens with zero attached hydrogens (tertiary/aromatic N) is 2. The molecule has 0 aliphatic carbocycles. The van der Waals surface area contributed by atoms with Gasteiger partial charge in [-0.05, 0) is 42.7 Å². The van der Waals surface area contributed by atoms with Gasteiger partial charge in [-0.2, -0.15) is 0 Å². The van der Waals surface area contributed by atoms with Gasteiger partial charge in [0.1, 0.15) is 11.6 Å². The van der Waals surface area contributed by atoms with Gasteiger partial charge in [0.25, 0.3) is 23.4 Å². The van der Waals surface area contributed by atoms with E-state index in [1.54, 1.807) is 38.1 Å². The molecule has 1 atom stereocenters. The number of imide groups is 1. The molecule has 172 valence electrons. The minimum absolute atomic E-state index is 0.0619. The van der Waals surface area contributed by atoms with E-state index in [1.807, 2.05) is 0 Å². The van der Waals surface area contributed by atoms with Crippen LogP contribution in [0.5, 0.6) is 0 Å². The molecule has 1 unspecified atom stereocenters. The number of ether oxygens (including phenoxy) is 1. The summed E-state index contributed by atoms with van der Waals surface area (Å²) in [6.45, 7) is 2.93. The maximum atomic E-state index is 13.0. The van der Waals surface area contributed by atoms with E-state index >= 15 is 0 Å². The maximum Gasteiger partial charge on any atom is 0.329 e. The van der Waals surface area contributed by atoms with E-state index < -0.39 is 47.0 Å². The summed E-state index contributed by atoms with van der Waals surface area (Å²) in [6.07, 6.45) is 0.0619. The highest BCUT2D eigenvalue weighted by Gasteiger charge is 2.47. The number of hydrogen-bond donors (Lipinski definition) is 1. The van der Waals surface area contributed by atoms with Crippen molar-refractivity contribution in [2.24, 2.45) is 5.92 Å². The van der Waals surface area contributed by atoms with Crippen molar-refractivity contribution in [1.29, 1.82) is 0 Å². The molecule has 10 nitrogen and oxygen atoms in total. The zero-order chi connectivity index (χ0) is 24.3. The van der Waals surface area contributed by atoms with Gasteiger partial charge in [0.05, 0.1) is 10.5 Å². The average Bonchev–Trinajstić information content (AvgIpc) is 3.02. The highest BCUT2D eigenvalue weighted by molar-refractivity contribution is 9.10. The van der Waals surface area contributed by atoms with Gasteiger partial charge < -0.3 is 10.1 Å². The summed E-state index contributed by atoms with van der Waals surface area (Å²) in [4.78, 5) is 62.2. The summed E-state index contributed by atoms with van der Waals surface area (Å²) in [5.74, 6) is -3.44. The normalized spacial score (nSPS) is 13.6. The molecule has 0 bridgehead atoms. The van der Waals surface area contributed by atoms with E-state index in [4.69, 9.17) is 4.74 Å². The van der Waals surface area contributed by atoms with Crippen LogP contribution in [0.15, 0.2) is 46.9 Å². The number of carbonyl (C=O) groups is 4. The minimum atomic E-state index is -1.34. The fraction of sp³-hybridized carbons (Fsp3) is 0.273. The number of nitro benzene ring substituents is 1. The summed E-state index contributed by atoms with van der Waals surface area (Å²) in [5.41, 5.74) is -0.532. The van der Waals surface area contributed by atoms with Gasteiger partial charge in [-0.3, -0.25) is 29.4 Å². The number of carbonyl (C=O) groups excluding carboxylic acids is 4. The number of hydrogen-bond acceptors (Lipinski definition) is 7. The molecule has 2 aromatic rings. The topological polar surface area (TPSA) is 136 Å². The number of amides is 3. The number of rotatable bonds is 8. The second kappa shape index (κ2) is 9.90. The number of esters is 1. The molecule has 2 aromatic carbocycles. The first kappa shape index (κ1) is 24.1. The van der Waals surface area contributed by atoms with E-state index in [2.05, 4.69) is 21.2 Å². The molecule has 3 amide bonds. The molecule has 0 aromatic heterocycles. The van der Waals surface area contributed by atoms with E-state index in [-0.39, 0.29) is 23.5 Å².